The standard InChI is InChI=1S/C48H65N13/c1-12-16-22-51-23-21-39-29-41(36(9)50)31-43-46(39)59(48(55-43)54-38(11)45-28-34(7)57-61(45)15-4)25-19-17-18-24-58-42(20-13-2)30-40(35(8)49)26-32(5)52-47(58)53-37(10)44-27-33(6)56-60(44)14-3/h12,16-17,19,26-31,51H,5,8-11,13-15,18,20-25,49-50H2,1-4,6-7H3,(H,52,53)(H,54,55)/b16-12-,19-17+,40-26+,42-30-. The van der Waals surface area contributed by atoms with Crippen molar-refractivity contribution in [2.45, 2.75) is 86.9 Å². The Bertz CT molecular complexity index is 2440. The Kier molecular flexibility index (Phi) is 15.7. The van der Waals surface area contributed by atoms with Crippen molar-refractivity contribution in [3.8, 4) is 0 Å². The number of aromatic nitrogens is 6. The molecule has 7 N–H and O–H groups in total. The van der Waals surface area contributed by atoms with Gasteiger partial charge in [-0.1, -0.05) is 70.5 Å². The summed E-state index contributed by atoms with van der Waals surface area (Å²) in [6.07, 6.45) is 15.7. The zero-order chi connectivity index (χ0) is 44.2. The summed E-state index contributed by atoms with van der Waals surface area (Å²) < 4.78 is 6.08. The maximum absolute atomic E-state index is 6.28. The van der Waals surface area contributed by atoms with E-state index in [1.54, 1.807) is 0 Å². The predicted octanol–water partition coefficient (Wildman–Crippen LogP) is 8.28. The Morgan fingerprint density at radius 1 is 0.885 bits per heavy atom. The normalized spacial score (nSPS) is 15.8. The average molecular weight is 824 g/mol. The second-order valence-corrected chi connectivity index (χ2v) is 15.1. The molecule has 3 aromatic heterocycles. The van der Waals surface area contributed by atoms with Crippen molar-refractivity contribution >= 4 is 40.0 Å². The van der Waals surface area contributed by atoms with Crippen LogP contribution in [0, 0.1) is 13.8 Å². The molecule has 0 saturated heterocycles. The SMILES string of the molecule is C=C1/C=C(C(=C)N)\C=C(\CCC)N(CC/C=C/Cn2c(NC(=C)c3cc(C)nn3CC)nc3cc(C(=C)N)cc(CCNC/C=C\C)c32)C(=NC(=C)c2cc(C)nn2CC)N1. The van der Waals surface area contributed by atoms with E-state index in [2.05, 4.69) is 120 Å². The van der Waals surface area contributed by atoms with Crippen LogP contribution >= 0.6 is 0 Å². The van der Waals surface area contributed by atoms with Gasteiger partial charge in [-0.25, -0.2) is 9.98 Å². The van der Waals surface area contributed by atoms with E-state index in [0.717, 1.165) is 88.6 Å². The number of fused-ring (bicyclic) bond motifs is 1. The lowest BCUT2D eigenvalue weighted by molar-refractivity contribution is 0.479. The predicted molar refractivity (Wildman–Crippen MR) is 256 cm³/mol. The van der Waals surface area contributed by atoms with Gasteiger partial charge in [-0.15, -0.1) is 0 Å². The van der Waals surface area contributed by atoms with Gasteiger partial charge in [-0.2, -0.15) is 10.2 Å². The number of anilines is 1. The van der Waals surface area contributed by atoms with Crippen molar-refractivity contribution in [1.29, 1.82) is 0 Å². The second-order valence-electron chi connectivity index (χ2n) is 15.1. The molecule has 1 aromatic carbocycles. The van der Waals surface area contributed by atoms with Crippen LogP contribution in [0.3, 0.4) is 0 Å². The van der Waals surface area contributed by atoms with E-state index in [0.29, 0.717) is 73.0 Å². The van der Waals surface area contributed by atoms with Crippen LogP contribution in [-0.4, -0.2) is 59.6 Å². The van der Waals surface area contributed by atoms with Crippen LogP contribution in [0.15, 0.2) is 121 Å². The van der Waals surface area contributed by atoms with Crippen LogP contribution < -0.4 is 27.4 Å². The van der Waals surface area contributed by atoms with Crippen molar-refractivity contribution in [2.24, 2.45) is 16.5 Å². The summed E-state index contributed by atoms with van der Waals surface area (Å²) in [6, 6.07) is 8.19. The number of imidazole rings is 1. The lowest BCUT2D eigenvalue weighted by Gasteiger charge is -2.31. The molecular formula is C48H65N13. The molecule has 0 saturated carbocycles. The van der Waals surface area contributed by atoms with Gasteiger partial charge in [0.1, 0.15) is 0 Å². The van der Waals surface area contributed by atoms with Crippen LogP contribution in [0.5, 0.6) is 0 Å². The van der Waals surface area contributed by atoms with Crippen molar-refractivity contribution in [3.63, 3.8) is 0 Å². The van der Waals surface area contributed by atoms with Gasteiger partial charge < -0.3 is 36.9 Å². The van der Waals surface area contributed by atoms with Crippen LogP contribution in [0.4, 0.5) is 5.95 Å². The molecule has 322 valence electrons. The Hall–Kier alpha value is -6.60. The molecule has 0 atom stereocenters. The minimum absolute atomic E-state index is 0.466. The number of nitrogens with zero attached hydrogens (tertiary/aromatic N) is 8. The number of guanidine groups is 1. The lowest BCUT2D eigenvalue weighted by atomic mass is 10.0. The fourth-order valence-corrected chi connectivity index (χ4v) is 7.32. The second kappa shape index (κ2) is 21.1. The molecule has 0 radical (unpaired) electrons. The van der Waals surface area contributed by atoms with Crippen LogP contribution in [-0.2, 0) is 26.1 Å². The molecule has 1 aliphatic heterocycles. The average Bonchev–Trinajstić information content (AvgIpc) is 3.91. The summed E-state index contributed by atoms with van der Waals surface area (Å²) >= 11 is 0. The third kappa shape index (κ3) is 11.4. The van der Waals surface area contributed by atoms with Crippen molar-refractivity contribution in [1.82, 2.24) is 44.6 Å². The van der Waals surface area contributed by atoms with Gasteiger partial charge in [0.15, 0.2) is 0 Å². The Morgan fingerprint density at radius 2 is 1.59 bits per heavy atom. The molecule has 0 bridgehead atoms. The first-order valence-corrected chi connectivity index (χ1v) is 21.2. The van der Waals surface area contributed by atoms with Crippen molar-refractivity contribution in [2.75, 3.05) is 25.0 Å². The molecule has 4 heterocycles. The van der Waals surface area contributed by atoms with Gasteiger partial charge in [-0.3, -0.25) is 9.36 Å². The van der Waals surface area contributed by atoms with Gasteiger partial charge >= 0.3 is 0 Å². The molecule has 5 rings (SSSR count). The minimum Gasteiger partial charge on any atom is -0.399 e. The number of hydrogen-bond acceptors (Lipinski definition) is 8. The molecular weight excluding hydrogens is 759 g/mol. The zero-order valence-corrected chi connectivity index (χ0v) is 37.1. The highest BCUT2D eigenvalue weighted by Crippen LogP contribution is 2.30. The first kappa shape index (κ1) is 45.5. The number of benzene rings is 1. The van der Waals surface area contributed by atoms with E-state index in [1.165, 1.54) is 0 Å². The van der Waals surface area contributed by atoms with E-state index in [1.807, 2.05) is 60.5 Å². The van der Waals surface area contributed by atoms with Crippen molar-refractivity contribution in [3.05, 3.63) is 150 Å². The fourth-order valence-electron chi connectivity index (χ4n) is 7.32. The largest absolute Gasteiger partial charge is 0.399 e. The van der Waals surface area contributed by atoms with Crippen LogP contribution in [0.25, 0.3) is 28.1 Å². The highest BCUT2D eigenvalue weighted by Gasteiger charge is 2.22. The zero-order valence-electron chi connectivity index (χ0n) is 37.1. The van der Waals surface area contributed by atoms with Crippen molar-refractivity contribution < 1.29 is 0 Å². The third-order valence-electron chi connectivity index (χ3n) is 10.2. The summed E-state index contributed by atoms with van der Waals surface area (Å²) in [5.41, 5.74) is 24.7. The highest BCUT2D eigenvalue weighted by atomic mass is 15.3. The number of allylic oxidation sites excluding steroid dienone is 5. The van der Waals surface area contributed by atoms with Crippen LogP contribution in [0.1, 0.15) is 80.9 Å². The van der Waals surface area contributed by atoms with E-state index in [9.17, 15) is 0 Å². The molecule has 0 unspecified atom stereocenters. The Labute approximate surface area is 362 Å². The molecule has 0 amide bonds. The number of nitrogens with two attached hydrogens (primary N) is 2. The Balaban J connectivity index is 1.52. The highest BCUT2D eigenvalue weighted by molar-refractivity contribution is 5.89. The summed E-state index contributed by atoms with van der Waals surface area (Å²) in [4.78, 5) is 12.4. The molecule has 0 aliphatic carbocycles. The topological polar surface area (TPSA) is 157 Å². The molecule has 61 heavy (non-hydrogen) atoms. The van der Waals surface area contributed by atoms with Gasteiger partial charge in [0, 0.05) is 61.1 Å². The van der Waals surface area contributed by atoms with Crippen LogP contribution in [0.2, 0.25) is 0 Å². The monoisotopic (exact) mass is 824 g/mol. The summed E-state index contributed by atoms with van der Waals surface area (Å²) in [5.74, 6) is 1.30. The molecule has 0 spiro atoms. The smallest absolute Gasteiger partial charge is 0.208 e. The van der Waals surface area contributed by atoms with E-state index in [4.69, 9.17) is 21.4 Å². The van der Waals surface area contributed by atoms with Gasteiger partial charge in [0.05, 0.1) is 45.2 Å². The number of aryl methyl sites for hydroxylation is 4. The van der Waals surface area contributed by atoms with Gasteiger partial charge in [0.25, 0.3) is 0 Å². The molecule has 0 fully saturated rings. The quantitative estimate of drug-likeness (QED) is 0.0412. The molecule has 13 nitrogen and oxygen atoms in total. The Morgan fingerprint density at radius 3 is 2.25 bits per heavy atom. The summed E-state index contributed by atoms with van der Waals surface area (Å²) in [7, 11) is 0. The first-order valence-electron chi connectivity index (χ1n) is 21.2. The molecule has 4 aromatic rings. The number of aliphatic imine (C=N–C) groups is 1. The number of nitrogens with one attached hydrogen (secondary N) is 3. The number of rotatable bonds is 21. The number of hydrogen-bond donors (Lipinski definition) is 5. The maximum Gasteiger partial charge on any atom is 0.208 e. The molecule has 1 aliphatic rings. The molecule has 13 heteroatoms. The fraction of sp³-hybridized carbons (Fsp3) is 0.333. The maximum atomic E-state index is 6.28. The first-order chi connectivity index (χ1) is 29.3. The lowest BCUT2D eigenvalue weighted by Crippen LogP contribution is -2.41. The van der Waals surface area contributed by atoms with Gasteiger partial charge in [-0.05, 0) is 108 Å². The van der Waals surface area contributed by atoms with E-state index >= 15 is 0 Å². The van der Waals surface area contributed by atoms with E-state index < -0.39 is 0 Å². The summed E-state index contributed by atoms with van der Waals surface area (Å²) in [6.45, 7) is 37.6. The minimum atomic E-state index is 0.466. The third-order valence-corrected chi connectivity index (χ3v) is 10.2. The van der Waals surface area contributed by atoms with E-state index in [-0.39, 0.29) is 0 Å². The summed E-state index contributed by atoms with van der Waals surface area (Å²) in [5, 5.41) is 19.8. The van der Waals surface area contributed by atoms with Gasteiger partial charge in [0.2, 0.25) is 11.9 Å².